The number of ketones is 1. The van der Waals surface area contributed by atoms with Crippen LogP contribution in [0.25, 0.3) is 0 Å². The number of carbonyl (C=O) groups excluding carboxylic acids is 2. The molecular formula is C28H36N2O5. The number of Topliss-reactive ketones (excluding diaryl/α,β-unsaturated/α-hetero) is 1. The number of hydrogen-bond acceptors (Lipinski definition) is 5. The third kappa shape index (κ3) is 7.65. The van der Waals surface area contributed by atoms with Gasteiger partial charge in [-0.3, -0.25) is 14.4 Å². The van der Waals surface area contributed by atoms with E-state index in [-0.39, 0.29) is 36.4 Å². The molecule has 7 heteroatoms. The molecule has 0 bridgehead atoms. The van der Waals surface area contributed by atoms with E-state index in [1.54, 1.807) is 24.3 Å². The van der Waals surface area contributed by atoms with Gasteiger partial charge in [0.15, 0.2) is 11.9 Å². The topological polar surface area (TPSA) is 119 Å². The molecule has 1 amide bonds. The zero-order valence-electron chi connectivity index (χ0n) is 20.8. The van der Waals surface area contributed by atoms with Gasteiger partial charge in [0.05, 0.1) is 6.42 Å². The number of carboxylic acid groups (broad SMARTS) is 1. The second-order valence-electron chi connectivity index (χ2n) is 9.83. The molecule has 1 saturated carbocycles. The number of ether oxygens (including phenoxy) is 1. The quantitative estimate of drug-likeness (QED) is 0.438. The fourth-order valence-corrected chi connectivity index (χ4v) is 4.79. The third-order valence-electron chi connectivity index (χ3n) is 6.55. The van der Waals surface area contributed by atoms with Gasteiger partial charge in [0.1, 0.15) is 11.8 Å². The predicted octanol–water partition coefficient (Wildman–Crippen LogP) is 4.43. The number of benzene rings is 2. The lowest BCUT2D eigenvalue weighted by atomic mass is 9.87. The van der Waals surface area contributed by atoms with E-state index >= 15 is 0 Å². The van der Waals surface area contributed by atoms with E-state index < -0.39 is 18.1 Å². The number of aryl methyl sites for hydroxylation is 2. The van der Waals surface area contributed by atoms with Crippen molar-refractivity contribution < 1.29 is 24.2 Å². The first-order chi connectivity index (χ1) is 16.6. The summed E-state index contributed by atoms with van der Waals surface area (Å²) in [5.41, 5.74) is 9.50. The van der Waals surface area contributed by atoms with Crippen molar-refractivity contribution in [3.8, 4) is 5.75 Å². The second kappa shape index (κ2) is 12.0. The number of rotatable bonds is 11. The van der Waals surface area contributed by atoms with E-state index in [1.807, 2.05) is 32.9 Å². The van der Waals surface area contributed by atoms with Crippen molar-refractivity contribution >= 4 is 23.3 Å². The predicted molar refractivity (Wildman–Crippen MR) is 135 cm³/mol. The van der Waals surface area contributed by atoms with Gasteiger partial charge in [-0.25, -0.2) is 0 Å². The number of nitrogens with one attached hydrogen (secondary N) is 1. The van der Waals surface area contributed by atoms with Crippen LogP contribution in [0, 0.1) is 25.7 Å². The average Bonchev–Trinajstić information content (AvgIpc) is 3.32. The normalized spacial score (nSPS) is 16.3. The molecule has 0 spiro atoms. The number of nitrogens with two attached hydrogens (primary N) is 1. The first-order valence-electron chi connectivity index (χ1n) is 12.3. The van der Waals surface area contributed by atoms with E-state index in [4.69, 9.17) is 10.5 Å². The molecule has 2 unspecified atom stereocenters. The summed E-state index contributed by atoms with van der Waals surface area (Å²) in [5, 5.41) is 12.1. The van der Waals surface area contributed by atoms with E-state index in [2.05, 4.69) is 11.4 Å². The molecule has 1 aliphatic rings. The summed E-state index contributed by atoms with van der Waals surface area (Å²) < 4.78 is 6.11. The molecule has 0 aromatic heterocycles. The number of anilines is 1. The first kappa shape index (κ1) is 26.4. The van der Waals surface area contributed by atoms with Crippen molar-refractivity contribution in [2.75, 3.05) is 5.32 Å². The van der Waals surface area contributed by atoms with E-state index in [0.29, 0.717) is 5.75 Å². The number of aliphatic carboxylic acids is 1. The van der Waals surface area contributed by atoms with Gasteiger partial charge >= 0.3 is 5.97 Å². The highest BCUT2D eigenvalue weighted by molar-refractivity contribution is 5.92. The standard InChI is InChI=1S/C28H36N2O5/c1-17-12-18(2)14-22(13-17)30-25(31)16-20-8-10-23(11-9-20)35-27(19(3)15-24(29)28(33)34)26(32)21-6-4-5-7-21/h8-14,19,21,24,27H,4-7,15-16,29H2,1-3H3,(H,30,31)(H,33,34)/t19?,24-,27?/m1/s1. The number of carbonyl (C=O) groups is 3. The minimum absolute atomic E-state index is 0.0180. The van der Waals surface area contributed by atoms with Gasteiger partial charge in [-0.15, -0.1) is 0 Å². The van der Waals surface area contributed by atoms with Gasteiger partial charge in [0.25, 0.3) is 0 Å². The summed E-state index contributed by atoms with van der Waals surface area (Å²) in [6.07, 6.45) is 3.31. The third-order valence-corrected chi connectivity index (χ3v) is 6.55. The maximum Gasteiger partial charge on any atom is 0.320 e. The van der Waals surface area contributed by atoms with Crippen LogP contribution in [0.15, 0.2) is 42.5 Å². The summed E-state index contributed by atoms with van der Waals surface area (Å²) in [5.74, 6) is -1.09. The van der Waals surface area contributed by atoms with Gasteiger partial charge in [-0.1, -0.05) is 38.0 Å². The molecule has 2 aromatic carbocycles. The SMILES string of the molecule is Cc1cc(C)cc(NC(=O)Cc2ccc(OC(C(=O)C3CCCC3)C(C)C[C@@H](N)C(=O)O)cc2)c1. The molecule has 188 valence electrons. The van der Waals surface area contributed by atoms with Crippen LogP contribution >= 0.6 is 0 Å². The maximum absolute atomic E-state index is 13.2. The average molecular weight is 481 g/mol. The van der Waals surface area contributed by atoms with E-state index in [0.717, 1.165) is 48.1 Å². The Kier molecular flexibility index (Phi) is 9.04. The molecule has 0 saturated heterocycles. The van der Waals surface area contributed by atoms with Gasteiger partial charge < -0.3 is 20.9 Å². The van der Waals surface area contributed by atoms with Crippen molar-refractivity contribution in [3.05, 3.63) is 59.2 Å². The summed E-state index contributed by atoms with van der Waals surface area (Å²) in [4.78, 5) is 36.9. The molecule has 2 aromatic rings. The van der Waals surface area contributed by atoms with Crippen LogP contribution in [0.2, 0.25) is 0 Å². The molecule has 3 rings (SSSR count). The van der Waals surface area contributed by atoms with Gasteiger partial charge in [0, 0.05) is 17.5 Å². The smallest absolute Gasteiger partial charge is 0.320 e. The van der Waals surface area contributed by atoms with Gasteiger partial charge in [-0.2, -0.15) is 0 Å². The number of hydrogen-bond donors (Lipinski definition) is 3. The second-order valence-corrected chi connectivity index (χ2v) is 9.83. The molecular weight excluding hydrogens is 444 g/mol. The minimum atomic E-state index is -1.09. The van der Waals surface area contributed by atoms with Crippen LogP contribution in [0.1, 0.15) is 55.7 Å². The lowest BCUT2D eigenvalue weighted by molar-refractivity contribution is -0.140. The zero-order valence-corrected chi connectivity index (χ0v) is 20.8. The van der Waals surface area contributed by atoms with Gasteiger partial charge in [-0.05, 0) is 74.1 Å². The number of amides is 1. The fourth-order valence-electron chi connectivity index (χ4n) is 4.79. The van der Waals surface area contributed by atoms with Crippen LogP contribution in [-0.2, 0) is 20.8 Å². The fraction of sp³-hybridized carbons (Fsp3) is 0.464. The largest absolute Gasteiger partial charge is 0.482 e. The Hall–Kier alpha value is -3.19. The molecule has 3 atom stereocenters. The van der Waals surface area contributed by atoms with Crippen LogP contribution in [0.3, 0.4) is 0 Å². The molecule has 35 heavy (non-hydrogen) atoms. The Morgan fingerprint density at radius 3 is 2.23 bits per heavy atom. The Labute approximate surface area is 207 Å². The van der Waals surface area contributed by atoms with Crippen LogP contribution in [-0.4, -0.2) is 34.9 Å². The Bertz CT molecular complexity index is 1020. The highest BCUT2D eigenvalue weighted by Gasteiger charge is 2.35. The Morgan fingerprint density at radius 2 is 1.66 bits per heavy atom. The highest BCUT2D eigenvalue weighted by atomic mass is 16.5. The molecule has 7 nitrogen and oxygen atoms in total. The van der Waals surface area contributed by atoms with E-state index in [9.17, 15) is 19.5 Å². The molecule has 0 radical (unpaired) electrons. The number of carboxylic acids is 1. The molecule has 0 aliphatic heterocycles. The lowest BCUT2D eigenvalue weighted by Gasteiger charge is -2.27. The zero-order chi connectivity index (χ0) is 25.5. The first-order valence-corrected chi connectivity index (χ1v) is 12.3. The molecule has 0 heterocycles. The molecule has 1 fully saturated rings. The van der Waals surface area contributed by atoms with Crippen molar-refractivity contribution in [2.24, 2.45) is 17.6 Å². The summed E-state index contributed by atoms with van der Waals surface area (Å²) in [7, 11) is 0. The van der Waals surface area contributed by atoms with Crippen LogP contribution in [0.5, 0.6) is 5.75 Å². The minimum Gasteiger partial charge on any atom is -0.482 e. The summed E-state index contributed by atoms with van der Waals surface area (Å²) in [6, 6.07) is 12.0. The molecule has 4 N–H and O–H groups in total. The maximum atomic E-state index is 13.2. The van der Waals surface area contributed by atoms with Crippen molar-refractivity contribution in [1.29, 1.82) is 0 Å². The summed E-state index contributed by atoms with van der Waals surface area (Å²) >= 11 is 0. The van der Waals surface area contributed by atoms with Crippen LogP contribution in [0.4, 0.5) is 5.69 Å². The lowest BCUT2D eigenvalue weighted by Crippen LogP contribution is -2.42. The highest BCUT2D eigenvalue weighted by Crippen LogP contribution is 2.30. The van der Waals surface area contributed by atoms with Crippen molar-refractivity contribution in [1.82, 2.24) is 0 Å². The van der Waals surface area contributed by atoms with Gasteiger partial charge in [0.2, 0.25) is 5.91 Å². The Balaban J connectivity index is 1.66. The van der Waals surface area contributed by atoms with E-state index in [1.165, 1.54) is 0 Å². The summed E-state index contributed by atoms with van der Waals surface area (Å²) in [6.45, 7) is 5.79. The Morgan fingerprint density at radius 1 is 1.06 bits per heavy atom. The van der Waals surface area contributed by atoms with Crippen molar-refractivity contribution in [2.45, 2.75) is 71.4 Å². The molecule has 1 aliphatic carbocycles. The van der Waals surface area contributed by atoms with Crippen LogP contribution < -0.4 is 15.8 Å². The van der Waals surface area contributed by atoms with Crippen molar-refractivity contribution in [3.63, 3.8) is 0 Å². The monoisotopic (exact) mass is 480 g/mol.